The molecule has 0 saturated carbocycles. The molecule has 0 heterocycles. The normalized spacial score (nSPS) is 14.8. The highest BCUT2D eigenvalue weighted by Gasteiger charge is 2.29. The lowest BCUT2D eigenvalue weighted by atomic mass is 9.98. The minimum absolute atomic E-state index is 0.309. The van der Waals surface area contributed by atoms with Crippen molar-refractivity contribution in [3.8, 4) is 0 Å². The summed E-state index contributed by atoms with van der Waals surface area (Å²) < 4.78 is 45.8. The second-order valence-corrected chi connectivity index (χ2v) is 10.8. The first kappa shape index (κ1) is 24.2. The van der Waals surface area contributed by atoms with Crippen molar-refractivity contribution in [1.82, 2.24) is 4.72 Å². The number of rotatable bonds is 8. The largest absolute Gasteiger partial charge is 0.249 e. The van der Waals surface area contributed by atoms with E-state index in [9.17, 15) is 8.42 Å². The Morgan fingerprint density at radius 2 is 1.21 bits per heavy atom. The quantitative estimate of drug-likeness (QED) is 0.304. The summed E-state index contributed by atoms with van der Waals surface area (Å²) >= 11 is 0. The molecule has 174 valence electrons. The van der Waals surface area contributed by atoms with Crippen LogP contribution in [0.15, 0.2) is 118 Å². The summed E-state index contributed by atoms with van der Waals surface area (Å²) in [5.74, 6) is 0. The third-order valence-electron chi connectivity index (χ3n) is 5.57. The Morgan fingerprint density at radius 1 is 0.676 bits per heavy atom. The number of hydrogen-bond acceptors (Lipinski definition) is 2. The molecule has 6 heteroatoms. The van der Waals surface area contributed by atoms with Crippen molar-refractivity contribution < 1.29 is 12.8 Å². The average molecular weight is 492 g/mol. The summed E-state index contributed by atoms with van der Waals surface area (Å²) in [5, 5.41) is 0. The van der Waals surface area contributed by atoms with Crippen molar-refractivity contribution in [3.63, 3.8) is 0 Å². The molecule has 0 amide bonds. The molecule has 34 heavy (non-hydrogen) atoms. The molecule has 0 radical (unpaired) electrons. The summed E-state index contributed by atoms with van der Waals surface area (Å²) in [6.07, 6.45) is -1.58. The predicted octanol–water partition coefficient (Wildman–Crippen LogP) is 6.53. The SMILES string of the molecule is Cc1ccc([S@](=O)c2ccccc2[C@H](F)[C@H](N[S@@](=O)c2ccc(C)cc2)c2ccccc2)cc1. The van der Waals surface area contributed by atoms with Crippen molar-refractivity contribution >= 4 is 21.8 Å². The smallest absolute Gasteiger partial charge is 0.147 e. The van der Waals surface area contributed by atoms with E-state index >= 15 is 4.39 Å². The van der Waals surface area contributed by atoms with Gasteiger partial charge in [0.05, 0.1) is 21.7 Å². The van der Waals surface area contributed by atoms with Gasteiger partial charge >= 0.3 is 0 Å². The van der Waals surface area contributed by atoms with Crippen LogP contribution < -0.4 is 4.72 Å². The van der Waals surface area contributed by atoms with Crippen molar-refractivity contribution in [2.75, 3.05) is 0 Å². The van der Waals surface area contributed by atoms with E-state index in [1.165, 1.54) is 0 Å². The van der Waals surface area contributed by atoms with E-state index in [0.717, 1.165) is 11.1 Å². The zero-order chi connectivity index (χ0) is 24.1. The number of nitrogens with one attached hydrogen (secondary N) is 1. The van der Waals surface area contributed by atoms with E-state index in [1.54, 1.807) is 60.7 Å². The fraction of sp³-hybridized carbons (Fsp3) is 0.143. The van der Waals surface area contributed by atoms with Crippen molar-refractivity contribution in [3.05, 3.63) is 125 Å². The highest BCUT2D eigenvalue weighted by molar-refractivity contribution is 7.85. The van der Waals surface area contributed by atoms with Gasteiger partial charge in [0.25, 0.3) is 0 Å². The van der Waals surface area contributed by atoms with Gasteiger partial charge in [-0.05, 0) is 49.7 Å². The number of hydrogen-bond donors (Lipinski definition) is 1. The molecule has 0 bridgehead atoms. The lowest BCUT2D eigenvalue weighted by molar-refractivity contribution is 0.275. The van der Waals surface area contributed by atoms with Gasteiger partial charge < -0.3 is 0 Å². The molecule has 0 saturated heterocycles. The van der Waals surface area contributed by atoms with Gasteiger partial charge in [-0.2, -0.15) is 0 Å². The molecule has 0 aliphatic heterocycles. The highest BCUT2D eigenvalue weighted by Crippen LogP contribution is 2.37. The molecule has 3 nitrogen and oxygen atoms in total. The van der Waals surface area contributed by atoms with Gasteiger partial charge in [-0.25, -0.2) is 17.5 Å². The fourth-order valence-electron chi connectivity index (χ4n) is 3.65. The molecule has 4 atom stereocenters. The van der Waals surface area contributed by atoms with E-state index < -0.39 is 34.0 Å². The molecule has 0 aromatic heterocycles. The molecule has 0 aliphatic carbocycles. The highest BCUT2D eigenvalue weighted by atomic mass is 32.2. The maximum absolute atomic E-state index is 16.3. The van der Waals surface area contributed by atoms with Crippen LogP contribution in [-0.2, 0) is 21.8 Å². The monoisotopic (exact) mass is 491 g/mol. The van der Waals surface area contributed by atoms with E-state index in [2.05, 4.69) is 4.72 Å². The molecule has 0 aliphatic rings. The minimum Gasteiger partial charge on any atom is -0.249 e. The Bertz CT molecular complexity index is 1290. The van der Waals surface area contributed by atoms with Crippen LogP contribution in [0.3, 0.4) is 0 Å². The van der Waals surface area contributed by atoms with Crippen LogP contribution in [-0.4, -0.2) is 8.42 Å². The first-order valence-electron chi connectivity index (χ1n) is 10.9. The average Bonchev–Trinajstić information content (AvgIpc) is 2.87. The second kappa shape index (κ2) is 11.0. The summed E-state index contributed by atoms with van der Waals surface area (Å²) in [7, 11) is -3.19. The standard InChI is InChI=1S/C28H26FNO2S2/c1-20-12-16-23(17-13-20)33(31)26-11-7-6-10-25(26)27(29)28(22-8-4-3-5-9-22)30-34(32)24-18-14-21(2)15-19-24/h3-19,27-28,30H,1-2H3/t27-,28+,33-,34-/m0/s1. The summed E-state index contributed by atoms with van der Waals surface area (Å²) in [5.41, 5.74) is 3.08. The zero-order valence-corrected chi connectivity index (χ0v) is 20.6. The minimum atomic E-state index is -1.64. The third-order valence-corrected chi connectivity index (χ3v) is 8.21. The lowest BCUT2D eigenvalue weighted by Crippen LogP contribution is -2.28. The van der Waals surface area contributed by atoms with Crippen LogP contribution in [0.25, 0.3) is 0 Å². The number of benzene rings is 4. The van der Waals surface area contributed by atoms with Crippen LogP contribution in [0, 0.1) is 13.8 Å². The lowest BCUT2D eigenvalue weighted by Gasteiger charge is -2.24. The molecule has 4 aromatic rings. The third kappa shape index (κ3) is 5.58. The van der Waals surface area contributed by atoms with Gasteiger partial charge in [0.2, 0.25) is 0 Å². The van der Waals surface area contributed by atoms with Crippen LogP contribution >= 0.6 is 0 Å². The first-order chi connectivity index (χ1) is 16.4. The van der Waals surface area contributed by atoms with Crippen LogP contribution in [0.1, 0.15) is 34.5 Å². The Morgan fingerprint density at radius 3 is 1.82 bits per heavy atom. The van der Waals surface area contributed by atoms with Gasteiger partial charge in [-0.1, -0.05) is 83.9 Å². The molecule has 0 fully saturated rings. The Kier molecular flexibility index (Phi) is 7.83. The molecule has 4 rings (SSSR count). The Labute approximate surface area is 205 Å². The molecular formula is C28H26FNO2S2. The Balaban J connectivity index is 1.70. The molecule has 0 spiro atoms. The van der Waals surface area contributed by atoms with Gasteiger partial charge in [0.15, 0.2) is 0 Å². The summed E-state index contributed by atoms with van der Waals surface area (Å²) in [6, 6.07) is 29.7. The topological polar surface area (TPSA) is 46.2 Å². The molecule has 0 unspecified atom stereocenters. The van der Waals surface area contributed by atoms with Gasteiger partial charge in [-0.15, -0.1) is 0 Å². The van der Waals surface area contributed by atoms with Crippen molar-refractivity contribution in [1.29, 1.82) is 0 Å². The van der Waals surface area contributed by atoms with Crippen LogP contribution in [0.5, 0.6) is 0 Å². The van der Waals surface area contributed by atoms with Crippen LogP contribution in [0.4, 0.5) is 4.39 Å². The summed E-state index contributed by atoms with van der Waals surface area (Å²) in [4.78, 5) is 1.58. The van der Waals surface area contributed by atoms with E-state index in [0.29, 0.717) is 25.8 Å². The van der Waals surface area contributed by atoms with Crippen LogP contribution in [0.2, 0.25) is 0 Å². The van der Waals surface area contributed by atoms with Crippen molar-refractivity contribution in [2.45, 2.75) is 40.7 Å². The summed E-state index contributed by atoms with van der Waals surface area (Å²) in [6.45, 7) is 3.91. The number of aryl methyl sites for hydroxylation is 2. The fourth-order valence-corrected chi connectivity index (χ4v) is 5.89. The zero-order valence-electron chi connectivity index (χ0n) is 19.0. The van der Waals surface area contributed by atoms with E-state index in [1.807, 2.05) is 56.3 Å². The molecule has 1 N–H and O–H groups in total. The number of halogens is 1. The predicted molar refractivity (Wildman–Crippen MR) is 136 cm³/mol. The van der Waals surface area contributed by atoms with Gasteiger partial charge in [0, 0.05) is 15.4 Å². The van der Waals surface area contributed by atoms with Gasteiger partial charge in [0.1, 0.15) is 17.2 Å². The maximum Gasteiger partial charge on any atom is 0.147 e. The van der Waals surface area contributed by atoms with Gasteiger partial charge in [-0.3, -0.25) is 0 Å². The molecule has 4 aromatic carbocycles. The second-order valence-electron chi connectivity index (χ2n) is 8.11. The van der Waals surface area contributed by atoms with Crippen molar-refractivity contribution in [2.24, 2.45) is 0 Å². The maximum atomic E-state index is 16.3. The number of alkyl halides is 1. The van der Waals surface area contributed by atoms with E-state index in [-0.39, 0.29) is 0 Å². The first-order valence-corrected chi connectivity index (χ1v) is 13.2. The Hall–Kier alpha value is -2.93. The molecular weight excluding hydrogens is 465 g/mol. The van der Waals surface area contributed by atoms with E-state index in [4.69, 9.17) is 0 Å².